The van der Waals surface area contributed by atoms with Crippen molar-refractivity contribution in [1.29, 1.82) is 0 Å². The fraction of sp³-hybridized carbons (Fsp3) is 1.00. The van der Waals surface area contributed by atoms with Gasteiger partial charge in [-0.05, 0) is 11.0 Å². The molecule has 0 aliphatic rings. The molecule has 44 valence electrons. The van der Waals surface area contributed by atoms with Gasteiger partial charge in [-0.3, -0.25) is 0 Å². The van der Waals surface area contributed by atoms with Gasteiger partial charge in [-0.2, -0.15) is 4.89 Å². The van der Waals surface area contributed by atoms with Crippen LogP contribution in [0.2, 0.25) is 0 Å². The molecule has 0 heterocycles. The maximum atomic E-state index is 9.75. The third-order valence-corrected chi connectivity index (χ3v) is 1.24. The summed E-state index contributed by atoms with van der Waals surface area (Å²) >= 11 is 0. The van der Waals surface area contributed by atoms with Crippen LogP contribution >= 0.6 is 8.03 Å². The minimum Gasteiger partial charge on any atom is -0.344 e. The summed E-state index contributed by atoms with van der Waals surface area (Å²) in [6.45, 7) is 1.88. The van der Waals surface area contributed by atoms with Crippen LogP contribution in [0, 0.1) is 0 Å². The van der Waals surface area contributed by atoms with E-state index in [0.29, 0.717) is 6.16 Å². The van der Waals surface area contributed by atoms with Crippen LogP contribution < -0.4 is 6.15 Å². The van der Waals surface area contributed by atoms with E-state index in [1.165, 1.54) is 0 Å². The van der Waals surface area contributed by atoms with Gasteiger partial charge in [0.25, 0.3) is 0 Å². The Labute approximate surface area is 44.2 Å². The average Bonchev–Trinajstić information content (AvgIpc) is 1.35. The normalized spacial score (nSPS) is 9.71. The first-order chi connectivity index (χ1) is 2.77. The molecule has 1 atom stereocenters. The van der Waals surface area contributed by atoms with Gasteiger partial charge in [0.05, 0.1) is 0 Å². The third-order valence-electron chi connectivity index (χ3n) is 0.415. The van der Waals surface area contributed by atoms with Crippen molar-refractivity contribution < 1.29 is 9.46 Å². The first-order valence-electron chi connectivity index (χ1n) is 1.91. The minimum absolute atomic E-state index is 0. The van der Waals surface area contributed by atoms with Crippen molar-refractivity contribution in [2.45, 2.75) is 13.3 Å². The molecule has 0 aromatic rings. The van der Waals surface area contributed by atoms with Crippen molar-refractivity contribution in [3.8, 4) is 0 Å². The van der Waals surface area contributed by atoms with Gasteiger partial charge in [-0.1, -0.05) is 6.92 Å². The molecule has 3 nitrogen and oxygen atoms in total. The van der Waals surface area contributed by atoms with Crippen LogP contribution in [0.4, 0.5) is 0 Å². The van der Waals surface area contributed by atoms with Crippen LogP contribution in [-0.2, 0) is 4.57 Å². The monoisotopic (exact) mass is 124 g/mol. The topological polar surface area (TPSA) is 72.3 Å². The summed E-state index contributed by atoms with van der Waals surface area (Å²) in [6.07, 6.45) is 1.24. The number of hydrogen-bond acceptors (Lipinski definition) is 2. The van der Waals surface area contributed by atoms with Gasteiger partial charge in [0.1, 0.15) is 0 Å². The summed E-state index contributed by atoms with van der Waals surface area (Å²) in [6, 6.07) is 0. The van der Waals surface area contributed by atoms with Gasteiger partial charge in [-0.25, -0.2) is 0 Å². The summed E-state index contributed by atoms with van der Waals surface area (Å²) in [5.41, 5.74) is 0. The Morgan fingerprint density at radius 1 is 1.71 bits per heavy atom. The summed E-state index contributed by atoms with van der Waals surface area (Å²) in [5.74, 6) is 0. The van der Waals surface area contributed by atoms with E-state index in [9.17, 15) is 4.57 Å². The summed E-state index contributed by atoms with van der Waals surface area (Å²) in [7, 11) is -1.85. The van der Waals surface area contributed by atoms with Crippen LogP contribution in [0.5, 0.6) is 0 Å². The van der Waals surface area contributed by atoms with Gasteiger partial charge in [0.2, 0.25) is 0 Å². The maximum Gasteiger partial charge on any atom is 0.505 e. The zero-order chi connectivity index (χ0) is 4.99. The Morgan fingerprint density at radius 2 is 2.14 bits per heavy atom. The molecule has 0 saturated heterocycles. The highest BCUT2D eigenvalue weighted by atomic mass is 31.1. The van der Waals surface area contributed by atoms with Gasteiger partial charge in [-0.15, -0.1) is 0 Å². The Hall–Kier alpha value is 0.0200. The van der Waals surface area contributed by atoms with Crippen molar-refractivity contribution in [2.24, 2.45) is 0 Å². The highest BCUT2D eigenvalue weighted by Gasteiger charge is 2.03. The largest absolute Gasteiger partial charge is 0.505 e. The van der Waals surface area contributed by atoms with Crippen LogP contribution in [0.1, 0.15) is 13.3 Å². The summed E-state index contributed by atoms with van der Waals surface area (Å²) < 4.78 is 9.75. The smallest absolute Gasteiger partial charge is 0.344 e. The van der Waals surface area contributed by atoms with Crippen LogP contribution in [0.15, 0.2) is 0 Å². The van der Waals surface area contributed by atoms with E-state index in [2.05, 4.69) is 0 Å². The van der Waals surface area contributed by atoms with Crippen molar-refractivity contribution in [2.75, 3.05) is 6.16 Å². The maximum absolute atomic E-state index is 9.75. The molecule has 1 unspecified atom stereocenters. The van der Waals surface area contributed by atoms with Crippen molar-refractivity contribution in [1.82, 2.24) is 6.15 Å². The van der Waals surface area contributed by atoms with Crippen molar-refractivity contribution in [3.63, 3.8) is 0 Å². The lowest BCUT2D eigenvalue weighted by molar-refractivity contribution is 0.502. The molecule has 0 radical (unpaired) electrons. The predicted octanol–water partition coefficient (Wildman–Crippen LogP) is 1.29. The quantitative estimate of drug-likeness (QED) is 0.545. The Morgan fingerprint density at radius 3 is 2.14 bits per heavy atom. The third kappa shape index (κ3) is 10.7. The van der Waals surface area contributed by atoms with Gasteiger partial charge in [0.15, 0.2) is 6.16 Å². The molecule has 0 rings (SSSR count). The molecule has 0 aliphatic carbocycles. The lowest BCUT2D eigenvalue weighted by atomic mass is 10.6. The van der Waals surface area contributed by atoms with Crippen molar-refractivity contribution in [3.05, 3.63) is 0 Å². The molecule has 0 amide bonds. The zero-order valence-corrected chi connectivity index (χ0v) is 5.32. The number of rotatable bonds is 2. The molecule has 0 fully saturated rings. The van der Waals surface area contributed by atoms with E-state index < -0.39 is 8.03 Å². The van der Waals surface area contributed by atoms with E-state index in [4.69, 9.17) is 4.89 Å². The van der Waals surface area contributed by atoms with Gasteiger partial charge >= 0.3 is 8.03 Å². The molecular weight excluding hydrogens is 113 g/mol. The molecule has 0 aromatic heterocycles. The fourth-order valence-corrected chi connectivity index (χ4v) is 0.574. The first-order valence-corrected chi connectivity index (χ1v) is 3.30. The minimum atomic E-state index is -1.85. The van der Waals surface area contributed by atoms with Crippen LogP contribution in [-0.4, -0.2) is 11.1 Å². The SMILES string of the molecule is CCC[P+](=O)O.N. The van der Waals surface area contributed by atoms with E-state index >= 15 is 0 Å². The molecule has 0 spiro atoms. The van der Waals surface area contributed by atoms with Gasteiger partial charge in [0, 0.05) is 0 Å². The molecule has 0 saturated carbocycles. The Bertz CT molecular complexity index is 56.9. The van der Waals surface area contributed by atoms with E-state index in [0.717, 1.165) is 6.42 Å². The van der Waals surface area contributed by atoms with E-state index in [1.54, 1.807) is 0 Å². The molecular formula is C3H11NO2P+. The van der Waals surface area contributed by atoms with Crippen LogP contribution in [0.3, 0.4) is 0 Å². The second-order valence-electron chi connectivity index (χ2n) is 1.08. The molecule has 0 aliphatic heterocycles. The standard InChI is InChI=1S/C3H7O2P.H3N/c1-2-3-6(4)5;/h2-3H2,1H3;1H3/p+1. The fourth-order valence-electron chi connectivity index (χ4n) is 0.191. The average molecular weight is 124 g/mol. The lowest BCUT2D eigenvalue weighted by Gasteiger charge is -1.65. The highest BCUT2D eigenvalue weighted by molar-refractivity contribution is 7.37. The van der Waals surface area contributed by atoms with Crippen LogP contribution in [0.25, 0.3) is 0 Å². The van der Waals surface area contributed by atoms with Crippen molar-refractivity contribution >= 4 is 8.03 Å². The number of hydrogen-bond donors (Lipinski definition) is 2. The summed E-state index contributed by atoms with van der Waals surface area (Å²) in [5, 5.41) is 0. The zero-order valence-electron chi connectivity index (χ0n) is 4.42. The molecule has 4 heteroatoms. The van der Waals surface area contributed by atoms with Gasteiger partial charge < -0.3 is 6.15 Å². The highest BCUT2D eigenvalue weighted by Crippen LogP contribution is 2.12. The first kappa shape index (κ1) is 10.1. The Balaban J connectivity index is 0. The second kappa shape index (κ2) is 6.02. The summed E-state index contributed by atoms with van der Waals surface area (Å²) in [4.78, 5) is 8.06. The lowest BCUT2D eigenvalue weighted by Crippen LogP contribution is -1.67. The van der Waals surface area contributed by atoms with E-state index in [-0.39, 0.29) is 6.15 Å². The Kier molecular flexibility index (Phi) is 8.68. The molecule has 4 N–H and O–H groups in total. The molecule has 0 bridgehead atoms. The second-order valence-corrected chi connectivity index (χ2v) is 2.23. The predicted molar refractivity (Wildman–Crippen MR) is 30.0 cm³/mol. The molecule has 0 aromatic carbocycles. The van der Waals surface area contributed by atoms with E-state index in [1.807, 2.05) is 6.92 Å². The molecule has 7 heavy (non-hydrogen) atoms.